The third-order valence-corrected chi connectivity index (χ3v) is 5.36. The Bertz CT molecular complexity index is 533. The average molecular weight is 274 g/mol. The van der Waals surface area contributed by atoms with E-state index in [0.717, 1.165) is 36.4 Å². The van der Waals surface area contributed by atoms with Crippen LogP contribution in [0, 0.1) is 5.92 Å². The molecular weight excluding hydrogens is 252 g/mol. The van der Waals surface area contributed by atoms with Crippen LogP contribution in [0.5, 0.6) is 11.5 Å². The van der Waals surface area contributed by atoms with Gasteiger partial charge in [-0.3, -0.25) is 0 Å². The highest BCUT2D eigenvalue weighted by Crippen LogP contribution is 2.49. The van der Waals surface area contributed by atoms with Crippen LogP contribution in [0.3, 0.4) is 0 Å². The summed E-state index contributed by atoms with van der Waals surface area (Å²) in [6, 6.07) is 6.07. The van der Waals surface area contributed by atoms with E-state index in [4.69, 9.17) is 15.2 Å². The molecule has 1 aromatic rings. The van der Waals surface area contributed by atoms with Gasteiger partial charge in [-0.2, -0.15) is 0 Å². The van der Waals surface area contributed by atoms with Crippen molar-refractivity contribution in [1.82, 2.24) is 4.90 Å². The fraction of sp³-hybridized carbons (Fsp3) is 0.625. The van der Waals surface area contributed by atoms with Gasteiger partial charge in [0.05, 0.1) is 7.11 Å². The zero-order chi connectivity index (χ0) is 13.7. The Morgan fingerprint density at radius 3 is 3.15 bits per heavy atom. The largest absolute Gasteiger partial charge is 0.497 e. The second-order valence-corrected chi connectivity index (χ2v) is 6.42. The molecule has 4 unspecified atom stereocenters. The lowest BCUT2D eigenvalue weighted by molar-refractivity contribution is -0.0440. The molecule has 2 N–H and O–H groups in total. The summed E-state index contributed by atoms with van der Waals surface area (Å²) in [5, 5.41) is 0. The lowest BCUT2D eigenvalue weighted by Gasteiger charge is -2.47. The zero-order valence-corrected chi connectivity index (χ0v) is 12.0. The minimum absolute atomic E-state index is 0.0337. The van der Waals surface area contributed by atoms with Crippen LogP contribution in [-0.4, -0.2) is 37.2 Å². The molecule has 0 aliphatic carbocycles. The molecule has 3 aliphatic heterocycles. The van der Waals surface area contributed by atoms with Crippen LogP contribution in [0.15, 0.2) is 18.2 Å². The van der Waals surface area contributed by atoms with E-state index in [1.807, 2.05) is 18.2 Å². The highest BCUT2D eigenvalue weighted by atomic mass is 16.5. The number of fused-ring (bicyclic) bond motifs is 4. The van der Waals surface area contributed by atoms with Crippen molar-refractivity contribution in [3.8, 4) is 11.5 Å². The van der Waals surface area contributed by atoms with E-state index in [2.05, 4.69) is 4.90 Å². The molecule has 3 aliphatic rings. The molecule has 4 atom stereocenters. The van der Waals surface area contributed by atoms with Crippen LogP contribution in [-0.2, 0) is 0 Å². The lowest BCUT2D eigenvalue weighted by atomic mass is 9.75. The van der Waals surface area contributed by atoms with Crippen molar-refractivity contribution in [2.24, 2.45) is 11.7 Å². The molecule has 2 bridgehead atoms. The molecule has 2 fully saturated rings. The monoisotopic (exact) mass is 274 g/mol. The zero-order valence-electron chi connectivity index (χ0n) is 12.0. The summed E-state index contributed by atoms with van der Waals surface area (Å²) in [4.78, 5) is 2.55. The fourth-order valence-electron chi connectivity index (χ4n) is 4.20. The van der Waals surface area contributed by atoms with Gasteiger partial charge in [0, 0.05) is 43.5 Å². The number of ether oxygens (including phenoxy) is 2. The van der Waals surface area contributed by atoms with Crippen molar-refractivity contribution in [2.75, 3.05) is 26.7 Å². The number of piperidine rings is 1. The second-order valence-electron chi connectivity index (χ2n) is 6.42. The quantitative estimate of drug-likeness (QED) is 0.850. The van der Waals surface area contributed by atoms with Gasteiger partial charge in [0.25, 0.3) is 0 Å². The molecule has 3 heterocycles. The van der Waals surface area contributed by atoms with E-state index in [1.54, 1.807) is 7.11 Å². The van der Waals surface area contributed by atoms with E-state index in [0.29, 0.717) is 5.92 Å². The Morgan fingerprint density at radius 1 is 1.40 bits per heavy atom. The van der Waals surface area contributed by atoms with Crippen molar-refractivity contribution in [2.45, 2.75) is 30.9 Å². The minimum Gasteiger partial charge on any atom is -0.497 e. The molecule has 4 rings (SSSR count). The van der Waals surface area contributed by atoms with E-state index < -0.39 is 0 Å². The van der Waals surface area contributed by atoms with E-state index in [1.165, 1.54) is 19.5 Å². The number of hydrogen-bond acceptors (Lipinski definition) is 4. The average Bonchev–Trinajstić information content (AvgIpc) is 2.89. The number of nitrogens with zero attached hydrogens (tertiary/aromatic N) is 1. The molecule has 2 saturated heterocycles. The summed E-state index contributed by atoms with van der Waals surface area (Å²) in [6.45, 7) is 3.55. The minimum atomic E-state index is -0.0337. The first-order valence-electron chi connectivity index (χ1n) is 7.55. The maximum atomic E-state index is 6.50. The molecule has 0 amide bonds. The Kier molecular flexibility index (Phi) is 2.72. The number of methoxy groups -OCH3 is 1. The summed E-state index contributed by atoms with van der Waals surface area (Å²) in [5.41, 5.74) is 7.52. The molecule has 1 spiro atoms. The van der Waals surface area contributed by atoms with E-state index in [9.17, 15) is 0 Å². The highest BCUT2D eigenvalue weighted by molar-refractivity contribution is 5.44. The maximum absolute atomic E-state index is 6.50. The third-order valence-electron chi connectivity index (χ3n) is 5.36. The molecule has 0 saturated carbocycles. The molecule has 0 aromatic heterocycles. The van der Waals surface area contributed by atoms with Crippen molar-refractivity contribution in [1.29, 1.82) is 0 Å². The first kappa shape index (κ1) is 12.5. The molecular formula is C16H22N2O2. The second kappa shape index (κ2) is 4.37. The van der Waals surface area contributed by atoms with Crippen molar-refractivity contribution in [3.05, 3.63) is 23.8 Å². The molecule has 1 aromatic carbocycles. The number of hydrogen-bond donors (Lipinski definition) is 1. The normalized spacial score (nSPS) is 38.4. The smallest absolute Gasteiger partial charge is 0.125 e. The van der Waals surface area contributed by atoms with Crippen LogP contribution in [0.25, 0.3) is 0 Å². The van der Waals surface area contributed by atoms with Gasteiger partial charge < -0.3 is 20.1 Å². The van der Waals surface area contributed by atoms with Gasteiger partial charge in [0.1, 0.15) is 17.1 Å². The Labute approximate surface area is 119 Å². The SMILES string of the molecule is COc1ccc2c(c1)C(N)CC1(CCN3CCC1C3)O2. The summed E-state index contributed by atoms with van der Waals surface area (Å²) < 4.78 is 11.8. The maximum Gasteiger partial charge on any atom is 0.125 e. The number of nitrogens with two attached hydrogens (primary N) is 1. The fourth-order valence-corrected chi connectivity index (χ4v) is 4.20. The van der Waals surface area contributed by atoms with Crippen molar-refractivity contribution < 1.29 is 9.47 Å². The standard InChI is InChI=1S/C16H22N2O2/c1-19-12-2-3-15-13(8-12)14(17)9-16(20-15)5-7-18-6-4-11(16)10-18/h2-3,8,11,14H,4-7,9-10,17H2,1H3. The van der Waals surface area contributed by atoms with Gasteiger partial charge >= 0.3 is 0 Å². The van der Waals surface area contributed by atoms with Gasteiger partial charge in [-0.1, -0.05) is 0 Å². The molecule has 20 heavy (non-hydrogen) atoms. The first-order valence-corrected chi connectivity index (χ1v) is 7.55. The van der Waals surface area contributed by atoms with Crippen LogP contribution in [0.2, 0.25) is 0 Å². The van der Waals surface area contributed by atoms with Crippen molar-refractivity contribution >= 4 is 0 Å². The van der Waals surface area contributed by atoms with Crippen LogP contribution >= 0.6 is 0 Å². The van der Waals surface area contributed by atoms with Gasteiger partial charge in [-0.05, 0) is 31.2 Å². The Balaban J connectivity index is 1.70. The Morgan fingerprint density at radius 2 is 2.30 bits per heavy atom. The predicted molar refractivity (Wildman–Crippen MR) is 77.1 cm³/mol. The Hall–Kier alpha value is -1.26. The topological polar surface area (TPSA) is 47.7 Å². The van der Waals surface area contributed by atoms with Crippen LogP contribution in [0.1, 0.15) is 30.9 Å². The molecule has 108 valence electrons. The van der Waals surface area contributed by atoms with Gasteiger partial charge in [0.2, 0.25) is 0 Å². The summed E-state index contributed by atoms with van der Waals surface area (Å²) in [7, 11) is 1.69. The van der Waals surface area contributed by atoms with Crippen LogP contribution < -0.4 is 15.2 Å². The molecule has 4 heteroatoms. The third kappa shape index (κ3) is 1.75. The molecule has 0 radical (unpaired) electrons. The van der Waals surface area contributed by atoms with E-state index >= 15 is 0 Å². The number of benzene rings is 1. The van der Waals surface area contributed by atoms with Crippen molar-refractivity contribution in [3.63, 3.8) is 0 Å². The highest BCUT2D eigenvalue weighted by Gasteiger charge is 2.51. The predicted octanol–water partition coefficient (Wildman–Crippen LogP) is 1.94. The molecule has 4 nitrogen and oxygen atoms in total. The van der Waals surface area contributed by atoms with Gasteiger partial charge in [0.15, 0.2) is 0 Å². The lowest BCUT2D eigenvalue weighted by Crippen LogP contribution is -2.53. The summed E-state index contributed by atoms with van der Waals surface area (Å²) >= 11 is 0. The van der Waals surface area contributed by atoms with Gasteiger partial charge in [-0.15, -0.1) is 0 Å². The number of rotatable bonds is 1. The first-order chi connectivity index (χ1) is 9.70. The van der Waals surface area contributed by atoms with E-state index in [-0.39, 0.29) is 11.6 Å². The van der Waals surface area contributed by atoms with Gasteiger partial charge in [-0.25, -0.2) is 0 Å². The summed E-state index contributed by atoms with van der Waals surface area (Å²) in [6.07, 6.45) is 3.29. The summed E-state index contributed by atoms with van der Waals surface area (Å²) in [5.74, 6) is 2.46. The van der Waals surface area contributed by atoms with Crippen LogP contribution in [0.4, 0.5) is 0 Å².